The van der Waals surface area contributed by atoms with Crippen molar-refractivity contribution in [3.05, 3.63) is 78.9 Å². The zero-order chi connectivity index (χ0) is 24.3. The van der Waals surface area contributed by atoms with Gasteiger partial charge >= 0.3 is 11.8 Å². The zero-order valence-electron chi connectivity index (χ0n) is 18.8. The standard InChI is InChI=1S/C25H25N5O4/c1-17(29-30-25(33)24(32)28-21-10-6-7-11-22(21)34-2)16-23(31)27-20-14-12-19(13-15-20)26-18-8-4-3-5-9-18/h3-15,26H,16H2,1-2H3,(H,27,31)(H,28,32)(H,30,33)/b29-17+. The molecule has 0 saturated heterocycles. The minimum atomic E-state index is -0.966. The Bertz CT molecular complexity index is 1180. The first-order chi connectivity index (χ1) is 16.4. The Hall–Kier alpha value is -4.66. The highest BCUT2D eigenvalue weighted by Crippen LogP contribution is 2.22. The normalized spacial score (nSPS) is 10.7. The smallest absolute Gasteiger partial charge is 0.329 e. The summed E-state index contributed by atoms with van der Waals surface area (Å²) in [5.74, 6) is -1.76. The van der Waals surface area contributed by atoms with E-state index in [1.165, 1.54) is 7.11 Å². The summed E-state index contributed by atoms with van der Waals surface area (Å²) in [4.78, 5) is 36.4. The van der Waals surface area contributed by atoms with E-state index in [0.29, 0.717) is 22.8 Å². The number of carbonyl (C=O) groups is 3. The summed E-state index contributed by atoms with van der Waals surface area (Å²) in [5.41, 5.74) is 5.31. The molecule has 0 radical (unpaired) electrons. The van der Waals surface area contributed by atoms with Crippen LogP contribution in [0, 0.1) is 0 Å². The van der Waals surface area contributed by atoms with Crippen molar-refractivity contribution in [3.63, 3.8) is 0 Å². The minimum absolute atomic E-state index is 0.0571. The number of para-hydroxylation sites is 3. The molecule has 174 valence electrons. The number of nitrogens with zero attached hydrogens (tertiary/aromatic N) is 1. The molecule has 0 aliphatic rings. The number of methoxy groups -OCH3 is 1. The van der Waals surface area contributed by atoms with Crippen LogP contribution in [0.2, 0.25) is 0 Å². The summed E-state index contributed by atoms with van der Waals surface area (Å²) < 4.78 is 5.13. The van der Waals surface area contributed by atoms with E-state index in [2.05, 4.69) is 26.5 Å². The molecular weight excluding hydrogens is 434 g/mol. The van der Waals surface area contributed by atoms with Crippen LogP contribution in [-0.4, -0.2) is 30.5 Å². The highest BCUT2D eigenvalue weighted by atomic mass is 16.5. The summed E-state index contributed by atoms with van der Waals surface area (Å²) in [6.45, 7) is 1.57. The van der Waals surface area contributed by atoms with E-state index in [1.54, 1.807) is 43.3 Å². The number of amides is 3. The number of hydrazone groups is 1. The molecule has 0 unspecified atom stereocenters. The van der Waals surface area contributed by atoms with Crippen LogP contribution in [0.1, 0.15) is 13.3 Å². The third-order valence-electron chi connectivity index (χ3n) is 4.56. The molecule has 9 nitrogen and oxygen atoms in total. The predicted octanol–water partition coefficient (Wildman–Crippen LogP) is 3.90. The van der Waals surface area contributed by atoms with Crippen molar-refractivity contribution < 1.29 is 19.1 Å². The number of ether oxygens (including phenoxy) is 1. The van der Waals surface area contributed by atoms with Gasteiger partial charge in [0.05, 0.1) is 19.2 Å². The highest BCUT2D eigenvalue weighted by Gasteiger charge is 2.15. The Morgan fingerprint density at radius 1 is 0.765 bits per heavy atom. The molecule has 0 fully saturated rings. The molecule has 3 aromatic rings. The molecule has 0 heterocycles. The largest absolute Gasteiger partial charge is 0.495 e. The summed E-state index contributed by atoms with van der Waals surface area (Å²) >= 11 is 0. The van der Waals surface area contributed by atoms with Crippen LogP contribution in [0.3, 0.4) is 0 Å². The molecule has 34 heavy (non-hydrogen) atoms. The number of rotatable bonds is 8. The second kappa shape index (κ2) is 11.8. The molecule has 3 aromatic carbocycles. The van der Waals surface area contributed by atoms with Crippen molar-refractivity contribution in [1.82, 2.24) is 5.43 Å². The van der Waals surface area contributed by atoms with Gasteiger partial charge in [0.15, 0.2) is 0 Å². The van der Waals surface area contributed by atoms with Gasteiger partial charge in [0, 0.05) is 22.8 Å². The Balaban J connectivity index is 1.46. The third-order valence-corrected chi connectivity index (χ3v) is 4.56. The number of anilines is 4. The molecule has 0 spiro atoms. The monoisotopic (exact) mass is 459 g/mol. The SMILES string of the molecule is COc1ccccc1NC(=O)C(=O)N/N=C(\C)CC(=O)Nc1ccc(Nc2ccccc2)cc1. The fourth-order valence-electron chi connectivity index (χ4n) is 2.93. The molecule has 9 heteroatoms. The Morgan fingerprint density at radius 2 is 1.38 bits per heavy atom. The fourth-order valence-corrected chi connectivity index (χ4v) is 2.93. The molecule has 0 aliphatic carbocycles. The second-order valence-electron chi connectivity index (χ2n) is 7.24. The number of hydrogen-bond donors (Lipinski definition) is 4. The molecule has 0 aromatic heterocycles. The molecule has 3 rings (SSSR count). The van der Waals surface area contributed by atoms with Crippen molar-refractivity contribution in [2.24, 2.45) is 5.10 Å². The van der Waals surface area contributed by atoms with Crippen molar-refractivity contribution in [2.45, 2.75) is 13.3 Å². The maximum absolute atomic E-state index is 12.3. The lowest BCUT2D eigenvalue weighted by atomic mass is 10.2. The Kier molecular flexibility index (Phi) is 8.34. The quantitative estimate of drug-likeness (QED) is 0.231. The van der Waals surface area contributed by atoms with Gasteiger partial charge in [-0.25, -0.2) is 5.43 Å². The molecule has 0 bridgehead atoms. The van der Waals surface area contributed by atoms with Gasteiger partial charge in [0.1, 0.15) is 5.75 Å². The van der Waals surface area contributed by atoms with E-state index in [9.17, 15) is 14.4 Å². The van der Waals surface area contributed by atoms with Crippen molar-refractivity contribution >= 4 is 46.2 Å². The molecule has 0 saturated carbocycles. The van der Waals surface area contributed by atoms with Crippen molar-refractivity contribution in [2.75, 3.05) is 23.1 Å². The fraction of sp³-hybridized carbons (Fsp3) is 0.120. The van der Waals surface area contributed by atoms with E-state index in [-0.39, 0.29) is 12.3 Å². The van der Waals surface area contributed by atoms with E-state index < -0.39 is 11.8 Å². The minimum Gasteiger partial charge on any atom is -0.495 e. The first-order valence-electron chi connectivity index (χ1n) is 10.4. The van der Waals surface area contributed by atoms with Gasteiger partial charge in [-0.1, -0.05) is 30.3 Å². The summed E-state index contributed by atoms with van der Waals surface area (Å²) in [6, 6.07) is 23.7. The van der Waals surface area contributed by atoms with Gasteiger partial charge in [-0.3, -0.25) is 14.4 Å². The van der Waals surface area contributed by atoms with Gasteiger partial charge < -0.3 is 20.7 Å². The van der Waals surface area contributed by atoms with Crippen LogP contribution in [0.5, 0.6) is 5.75 Å². The average molecular weight is 460 g/mol. The second-order valence-corrected chi connectivity index (χ2v) is 7.24. The van der Waals surface area contributed by atoms with Crippen LogP contribution in [0.4, 0.5) is 22.7 Å². The molecule has 0 aliphatic heterocycles. The molecular formula is C25H25N5O4. The lowest BCUT2D eigenvalue weighted by molar-refractivity contribution is -0.136. The van der Waals surface area contributed by atoms with E-state index in [0.717, 1.165) is 11.4 Å². The van der Waals surface area contributed by atoms with Crippen LogP contribution in [0.15, 0.2) is 84.0 Å². The third kappa shape index (κ3) is 7.20. The van der Waals surface area contributed by atoms with Gasteiger partial charge in [-0.15, -0.1) is 0 Å². The molecule has 3 amide bonds. The van der Waals surface area contributed by atoms with Gasteiger partial charge in [-0.2, -0.15) is 5.10 Å². The highest BCUT2D eigenvalue weighted by molar-refractivity contribution is 6.39. The lowest BCUT2D eigenvalue weighted by Gasteiger charge is -2.09. The van der Waals surface area contributed by atoms with Crippen molar-refractivity contribution in [1.29, 1.82) is 0 Å². The Morgan fingerprint density at radius 3 is 2.09 bits per heavy atom. The maximum atomic E-state index is 12.3. The number of benzene rings is 3. The van der Waals surface area contributed by atoms with Gasteiger partial charge in [-0.05, 0) is 55.5 Å². The average Bonchev–Trinajstić information content (AvgIpc) is 2.84. The summed E-state index contributed by atoms with van der Waals surface area (Å²) in [5, 5.41) is 12.3. The molecule has 4 N–H and O–H groups in total. The summed E-state index contributed by atoms with van der Waals surface area (Å²) in [6.07, 6.45) is -0.0571. The van der Waals surface area contributed by atoms with E-state index >= 15 is 0 Å². The zero-order valence-corrected chi connectivity index (χ0v) is 18.8. The Labute approximate surface area is 197 Å². The predicted molar refractivity (Wildman–Crippen MR) is 132 cm³/mol. The molecule has 0 atom stereocenters. The van der Waals surface area contributed by atoms with Gasteiger partial charge in [0.25, 0.3) is 0 Å². The van der Waals surface area contributed by atoms with E-state index in [4.69, 9.17) is 4.74 Å². The first kappa shape index (κ1) is 24.0. The number of carbonyl (C=O) groups excluding carboxylic acids is 3. The van der Waals surface area contributed by atoms with Crippen molar-refractivity contribution in [3.8, 4) is 5.75 Å². The van der Waals surface area contributed by atoms with E-state index in [1.807, 2.05) is 42.5 Å². The number of nitrogens with one attached hydrogen (secondary N) is 4. The number of hydrogen-bond acceptors (Lipinski definition) is 6. The van der Waals surface area contributed by atoms with Crippen LogP contribution >= 0.6 is 0 Å². The first-order valence-corrected chi connectivity index (χ1v) is 10.4. The topological polar surface area (TPSA) is 121 Å². The van der Waals surface area contributed by atoms with Crippen LogP contribution in [0.25, 0.3) is 0 Å². The summed E-state index contributed by atoms with van der Waals surface area (Å²) in [7, 11) is 1.46. The van der Waals surface area contributed by atoms with Crippen LogP contribution < -0.4 is 26.1 Å². The van der Waals surface area contributed by atoms with Crippen LogP contribution in [-0.2, 0) is 14.4 Å². The van der Waals surface area contributed by atoms with Gasteiger partial charge in [0.2, 0.25) is 5.91 Å². The lowest BCUT2D eigenvalue weighted by Crippen LogP contribution is -2.33. The maximum Gasteiger partial charge on any atom is 0.329 e.